The second kappa shape index (κ2) is 8.05. The zero-order valence-corrected chi connectivity index (χ0v) is 13.4. The van der Waals surface area contributed by atoms with Crippen molar-refractivity contribution in [3.05, 3.63) is 46.2 Å². The number of hydrogen-bond acceptors (Lipinski definition) is 4. The molecule has 0 unspecified atom stereocenters. The van der Waals surface area contributed by atoms with E-state index in [9.17, 15) is 0 Å². The molecule has 2 aromatic heterocycles. The molecule has 4 nitrogen and oxygen atoms in total. The first kappa shape index (κ1) is 15.9. The van der Waals surface area contributed by atoms with Crippen molar-refractivity contribution < 1.29 is 0 Å². The largest absolute Gasteiger partial charge is 0.369 e. The average Bonchev–Trinajstić information content (AvgIpc) is 2.49. The van der Waals surface area contributed by atoms with Crippen LogP contribution >= 0.6 is 23.2 Å². The summed E-state index contributed by atoms with van der Waals surface area (Å²) in [6, 6.07) is 5.70. The summed E-state index contributed by atoms with van der Waals surface area (Å²) in [5, 5.41) is 7.49. The fraction of sp³-hybridized carbons (Fsp3) is 0.333. The topological polar surface area (TPSA) is 49.8 Å². The van der Waals surface area contributed by atoms with Gasteiger partial charge in [-0.3, -0.25) is 4.98 Å². The van der Waals surface area contributed by atoms with Crippen LogP contribution in [0.3, 0.4) is 0 Å². The third-order valence-electron chi connectivity index (χ3n) is 2.93. The van der Waals surface area contributed by atoms with Gasteiger partial charge in [0.05, 0.1) is 10.0 Å². The molecule has 2 aromatic rings. The highest BCUT2D eigenvalue weighted by atomic mass is 35.5. The lowest BCUT2D eigenvalue weighted by Gasteiger charge is -2.12. The van der Waals surface area contributed by atoms with Crippen molar-refractivity contribution in [2.45, 2.75) is 19.8 Å². The van der Waals surface area contributed by atoms with Gasteiger partial charge >= 0.3 is 0 Å². The van der Waals surface area contributed by atoms with E-state index in [4.69, 9.17) is 23.2 Å². The Kier molecular flexibility index (Phi) is 6.08. The van der Waals surface area contributed by atoms with E-state index in [0.29, 0.717) is 21.7 Å². The highest BCUT2D eigenvalue weighted by Gasteiger charge is 2.08. The molecule has 0 aliphatic rings. The van der Waals surface area contributed by atoms with Crippen molar-refractivity contribution >= 4 is 34.8 Å². The van der Waals surface area contributed by atoms with E-state index < -0.39 is 0 Å². The molecular weight excluding hydrogens is 307 g/mol. The molecule has 0 aromatic carbocycles. The summed E-state index contributed by atoms with van der Waals surface area (Å²) in [6.07, 6.45) is 5.46. The van der Waals surface area contributed by atoms with Gasteiger partial charge in [0.25, 0.3) is 0 Å². The smallest absolute Gasteiger partial charge is 0.147 e. The Morgan fingerprint density at radius 2 is 1.62 bits per heavy atom. The maximum atomic E-state index is 6.17. The number of aromatic nitrogens is 2. The first-order valence-electron chi connectivity index (χ1n) is 6.93. The molecule has 0 aliphatic carbocycles. The van der Waals surface area contributed by atoms with E-state index in [0.717, 1.165) is 25.9 Å². The summed E-state index contributed by atoms with van der Waals surface area (Å²) in [6.45, 7) is 3.65. The average molecular weight is 325 g/mol. The maximum absolute atomic E-state index is 6.17. The third kappa shape index (κ3) is 4.76. The zero-order chi connectivity index (χ0) is 15.1. The number of nitrogens with zero attached hydrogens (tertiary/aromatic N) is 2. The zero-order valence-electron chi connectivity index (χ0n) is 11.9. The van der Waals surface area contributed by atoms with E-state index in [-0.39, 0.29) is 0 Å². The molecule has 112 valence electrons. The lowest BCUT2D eigenvalue weighted by molar-refractivity contribution is 0.964. The van der Waals surface area contributed by atoms with Gasteiger partial charge < -0.3 is 10.6 Å². The van der Waals surface area contributed by atoms with E-state index >= 15 is 0 Å². The van der Waals surface area contributed by atoms with Crippen molar-refractivity contribution in [3.63, 3.8) is 0 Å². The number of rotatable bonds is 7. The highest BCUT2D eigenvalue weighted by molar-refractivity contribution is 6.37. The van der Waals surface area contributed by atoms with Gasteiger partial charge in [0.15, 0.2) is 0 Å². The molecule has 0 spiro atoms. The van der Waals surface area contributed by atoms with Gasteiger partial charge in [-0.15, -0.1) is 0 Å². The van der Waals surface area contributed by atoms with Crippen molar-refractivity contribution in [2.24, 2.45) is 0 Å². The lowest BCUT2D eigenvalue weighted by Crippen LogP contribution is -2.09. The Morgan fingerprint density at radius 3 is 2.24 bits per heavy atom. The molecule has 0 bridgehead atoms. The Bertz CT molecular complexity index is 575. The number of anilines is 2. The van der Waals surface area contributed by atoms with Gasteiger partial charge in [0, 0.05) is 25.5 Å². The van der Waals surface area contributed by atoms with E-state index in [1.54, 1.807) is 18.5 Å². The Morgan fingerprint density at radius 1 is 1.00 bits per heavy atom. The number of halogens is 2. The number of nitrogens with one attached hydrogen (secondary N) is 2. The standard InChI is InChI=1S/C15H18Cl2N4/c1-2-6-19-14-12(16)10-13(17)15(21-14)20-9-5-11-3-7-18-8-4-11/h3-4,7-8,10H,2,5-6,9H2,1H3,(H2,19,20,21). The minimum Gasteiger partial charge on any atom is -0.369 e. The lowest BCUT2D eigenvalue weighted by atomic mass is 10.2. The van der Waals surface area contributed by atoms with Gasteiger partial charge in [-0.1, -0.05) is 30.1 Å². The van der Waals surface area contributed by atoms with Crippen molar-refractivity contribution in [2.75, 3.05) is 23.7 Å². The van der Waals surface area contributed by atoms with E-state index in [2.05, 4.69) is 27.5 Å². The van der Waals surface area contributed by atoms with E-state index in [1.807, 2.05) is 12.1 Å². The first-order valence-corrected chi connectivity index (χ1v) is 7.69. The summed E-state index contributed by atoms with van der Waals surface area (Å²) in [7, 11) is 0. The van der Waals surface area contributed by atoms with Crippen molar-refractivity contribution in [3.8, 4) is 0 Å². The fourth-order valence-corrected chi connectivity index (χ4v) is 2.32. The molecule has 0 radical (unpaired) electrons. The second-order valence-electron chi connectivity index (χ2n) is 4.61. The third-order valence-corrected chi connectivity index (χ3v) is 3.50. The van der Waals surface area contributed by atoms with Crippen LogP contribution < -0.4 is 10.6 Å². The Balaban J connectivity index is 1.98. The molecule has 0 saturated carbocycles. The molecule has 2 heterocycles. The SMILES string of the molecule is CCCNc1nc(NCCc2ccncc2)c(Cl)cc1Cl. The highest BCUT2D eigenvalue weighted by Crippen LogP contribution is 2.29. The Hall–Kier alpha value is -1.52. The Labute approximate surface area is 134 Å². The predicted octanol–water partition coefficient (Wildman–Crippen LogP) is 4.26. The van der Waals surface area contributed by atoms with Crippen LogP contribution in [0.15, 0.2) is 30.6 Å². The molecule has 2 N–H and O–H groups in total. The van der Waals surface area contributed by atoms with Gasteiger partial charge in [-0.2, -0.15) is 0 Å². The summed E-state index contributed by atoms with van der Waals surface area (Å²) < 4.78 is 0. The van der Waals surface area contributed by atoms with Crippen LogP contribution in [-0.4, -0.2) is 23.1 Å². The summed E-state index contributed by atoms with van der Waals surface area (Å²) >= 11 is 12.3. The minimum atomic E-state index is 0.525. The number of pyridine rings is 2. The first-order chi connectivity index (χ1) is 10.2. The van der Waals surface area contributed by atoms with Crippen molar-refractivity contribution in [1.82, 2.24) is 9.97 Å². The number of hydrogen-bond donors (Lipinski definition) is 2. The van der Waals surface area contributed by atoms with Crippen molar-refractivity contribution in [1.29, 1.82) is 0 Å². The molecule has 2 rings (SSSR count). The van der Waals surface area contributed by atoms with Crippen LogP contribution in [0.1, 0.15) is 18.9 Å². The monoisotopic (exact) mass is 324 g/mol. The normalized spacial score (nSPS) is 10.4. The van der Waals surface area contributed by atoms with E-state index in [1.165, 1.54) is 5.56 Å². The second-order valence-corrected chi connectivity index (χ2v) is 5.42. The fourth-order valence-electron chi connectivity index (χ4n) is 1.83. The molecule has 0 atom stereocenters. The maximum Gasteiger partial charge on any atom is 0.147 e. The molecule has 21 heavy (non-hydrogen) atoms. The molecule has 0 amide bonds. The van der Waals surface area contributed by atoms with Crippen LogP contribution in [0.5, 0.6) is 0 Å². The molecule has 0 aliphatic heterocycles. The summed E-state index contributed by atoms with van der Waals surface area (Å²) in [5.74, 6) is 1.31. The van der Waals surface area contributed by atoms with Crippen LogP contribution in [-0.2, 0) is 6.42 Å². The van der Waals surface area contributed by atoms with Gasteiger partial charge in [-0.05, 0) is 36.6 Å². The molecule has 0 saturated heterocycles. The summed E-state index contributed by atoms with van der Waals surface area (Å²) in [4.78, 5) is 8.44. The molecular formula is C15H18Cl2N4. The van der Waals surface area contributed by atoms with Gasteiger partial charge in [-0.25, -0.2) is 4.98 Å². The van der Waals surface area contributed by atoms with Gasteiger partial charge in [0.1, 0.15) is 11.6 Å². The summed E-state index contributed by atoms with van der Waals surface area (Å²) in [5.41, 5.74) is 1.21. The van der Waals surface area contributed by atoms with Crippen LogP contribution in [0.2, 0.25) is 10.0 Å². The predicted molar refractivity (Wildman–Crippen MR) is 89.5 cm³/mol. The quantitative estimate of drug-likeness (QED) is 0.798. The van der Waals surface area contributed by atoms with Crippen LogP contribution in [0, 0.1) is 0 Å². The van der Waals surface area contributed by atoms with Crippen LogP contribution in [0.25, 0.3) is 0 Å². The van der Waals surface area contributed by atoms with Gasteiger partial charge in [0.2, 0.25) is 0 Å². The van der Waals surface area contributed by atoms with Crippen LogP contribution in [0.4, 0.5) is 11.6 Å². The minimum absolute atomic E-state index is 0.525. The molecule has 0 fully saturated rings. The molecule has 6 heteroatoms.